The summed E-state index contributed by atoms with van der Waals surface area (Å²) in [6.07, 6.45) is 3.45. The predicted molar refractivity (Wildman–Crippen MR) is 75.3 cm³/mol. The van der Waals surface area contributed by atoms with Gasteiger partial charge >= 0.3 is 0 Å². The van der Waals surface area contributed by atoms with E-state index in [0.717, 1.165) is 11.6 Å². The van der Waals surface area contributed by atoms with Gasteiger partial charge in [-0.05, 0) is 31.0 Å². The Kier molecular flexibility index (Phi) is 4.39. The third-order valence-corrected chi connectivity index (χ3v) is 4.47. The van der Waals surface area contributed by atoms with Crippen molar-refractivity contribution in [3.8, 4) is 0 Å². The van der Waals surface area contributed by atoms with E-state index in [0.29, 0.717) is 6.42 Å². The largest absolute Gasteiger partial charge is 0.472 e. The highest BCUT2D eigenvalue weighted by molar-refractivity contribution is 7.89. The van der Waals surface area contributed by atoms with Crippen LogP contribution < -0.4 is 4.72 Å². The zero-order valence-corrected chi connectivity index (χ0v) is 12.0. The molecule has 0 fully saturated rings. The number of hydrogen-bond donors (Lipinski definition) is 1. The van der Waals surface area contributed by atoms with Crippen LogP contribution in [0, 0.1) is 10.1 Å². The molecule has 21 heavy (non-hydrogen) atoms. The number of nitro groups is 1. The van der Waals surface area contributed by atoms with E-state index in [1.165, 1.54) is 30.7 Å². The Hall–Kier alpha value is -2.19. The van der Waals surface area contributed by atoms with Crippen LogP contribution in [0.1, 0.15) is 12.5 Å². The first-order valence-corrected chi connectivity index (χ1v) is 7.65. The van der Waals surface area contributed by atoms with E-state index in [-0.39, 0.29) is 4.90 Å². The SMILES string of the molecule is CC(Cc1ccoc1)NS(=O)(=O)c1ccccc1[N+](=O)[O-]. The molecule has 0 amide bonds. The molecule has 1 aromatic heterocycles. The first-order chi connectivity index (χ1) is 9.90. The van der Waals surface area contributed by atoms with Crippen LogP contribution in [0.25, 0.3) is 0 Å². The maximum absolute atomic E-state index is 12.3. The lowest BCUT2D eigenvalue weighted by Crippen LogP contribution is -2.34. The number of rotatable bonds is 6. The van der Waals surface area contributed by atoms with E-state index >= 15 is 0 Å². The fourth-order valence-electron chi connectivity index (χ4n) is 1.97. The van der Waals surface area contributed by atoms with E-state index in [1.54, 1.807) is 13.0 Å². The van der Waals surface area contributed by atoms with E-state index in [4.69, 9.17) is 4.42 Å². The van der Waals surface area contributed by atoms with Crippen LogP contribution in [0.4, 0.5) is 5.69 Å². The fraction of sp³-hybridized carbons (Fsp3) is 0.231. The van der Waals surface area contributed by atoms with Gasteiger partial charge in [0, 0.05) is 12.1 Å². The van der Waals surface area contributed by atoms with Crippen molar-refractivity contribution in [2.24, 2.45) is 0 Å². The normalized spacial score (nSPS) is 13.0. The smallest absolute Gasteiger partial charge is 0.289 e. The first-order valence-electron chi connectivity index (χ1n) is 6.17. The predicted octanol–water partition coefficient (Wildman–Crippen LogP) is 2.10. The van der Waals surface area contributed by atoms with Gasteiger partial charge in [0.15, 0.2) is 4.90 Å². The molecule has 1 N–H and O–H groups in total. The second-order valence-electron chi connectivity index (χ2n) is 4.58. The fourth-order valence-corrected chi connectivity index (χ4v) is 3.38. The number of sulfonamides is 1. The van der Waals surface area contributed by atoms with Gasteiger partial charge in [0.25, 0.3) is 5.69 Å². The summed E-state index contributed by atoms with van der Waals surface area (Å²) in [5.41, 5.74) is 0.397. The summed E-state index contributed by atoms with van der Waals surface area (Å²) in [4.78, 5) is 9.86. The van der Waals surface area contributed by atoms with Crippen molar-refractivity contribution in [1.82, 2.24) is 4.72 Å². The minimum atomic E-state index is -3.96. The molecule has 1 aromatic carbocycles. The molecule has 112 valence electrons. The van der Waals surface area contributed by atoms with Gasteiger partial charge in [-0.1, -0.05) is 12.1 Å². The third-order valence-electron chi connectivity index (χ3n) is 2.83. The van der Waals surface area contributed by atoms with Gasteiger partial charge in [0.05, 0.1) is 17.4 Å². The number of nitrogens with zero attached hydrogens (tertiary/aromatic N) is 1. The zero-order chi connectivity index (χ0) is 15.5. The van der Waals surface area contributed by atoms with E-state index in [1.807, 2.05) is 0 Å². The summed E-state index contributed by atoms with van der Waals surface area (Å²) >= 11 is 0. The molecule has 0 aliphatic rings. The Morgan fingerprint density at radius 2 is 2.05 bits per heavy atom. The molecule has 2 aromatic rings. The molecule has 0 saturated carbocycles. The Bertz CT molecular complexity index is 725. The summed E-state index contributed by atoms with van der Waals surface area (Å²) in [6, 6.07) is 6.55. The van der Waals surface area contributed by atoms with Gasteiger partial charge in [-0.15, -0.1) is 0 Å². The summed E-state index contributed by atoms with van der Waals surface area (Å²) in [7, 11) is -3.96. The Morgan fingerprint density at radius 1 is 1.33 bits per heavy atom. The molecule has 0 saturated heterocycles. The van der Waals surface area contributed by atoms with Crippen LogP contribution in [0.5, 0.6) is 0 Å². The van der Waals surface area contributed by atoms with Crippen molar-refractivity contribution in [3.63, 3.8) is 0 Å². The van der Waals surface area contributed by atoms with Gasteiger partial charge in [-0.3, -0.25) is 10.1 Å². The molecule has 0 bridgehead atoms. The molecule has 1 unspecified atom stereocenters. The molecule has 0 radical (unpaired) electrons. The average Bonchev–Trinajstić information content (AvgIpc) is 2.90. The van der Waals surface area contributed by atoms with Crippen LogP contribution in [-0.2, 0) is 16.4 Å². The first kappa shape index (κ1) is 15.2. The van der Waals surface area contributed by atoms with Gasteiger partial charge in [-0.25, -0.2) is 13.1 Å². The number of benzene rings is 1. The monoisotopic (exact) mass is 310 g/mol. The van der Waals surface area contributed by atoms with Crippen molar-refractivity contribution in [2.45, 2.75) is 24.3 Å². The lowest BCUT2D eigenvalue weighted by Gasteiger charge is -2.13. The summed E-state index contributed by atoms with van der Waals surface area (Å²) in [5, 5.41) is 10.9. The molecule has 0 aliphatic heterocycles. The Balaban J connectivity index is 2.20. The number of nitro benzene ring substituents is 1. The molecule has 2 rings (SSSR count). The second-order valence-corrected chi connectivity index (χ2v) is 6.27. The van der Waals surface area contributed by atoms with Gasteiger partial charge in [0.2, 0.25) is 10.0 Å². The molecule has 1 atom stereocenters. The number of para-hydroxylation sites is 1. The van der Waals surface area contributed by atoms with E-state index in [2.05, 4.69) is 4.72 Å². The van der Waals surface area contributed by atoms with Crippen molar-refractivity contribution in [2.75, 3.05) is 0 Å². The third kappa shape index (κ3) is 3.67. The highest BCUT2D eigenvalue weighted by Gasteiger charge is 2.26. The Labute approximate surface area is 121 Å². The van der Waals surface area contributed by atoms with Gasteiger partial charge in [-0.2, -0.15) is 0 Å². The molecule has 8 heteroatoms. The molecule has 7 nitrogen and oxygen atoms in total. The summed E-state index contributed by atoms with van der Waals surface area (Å²) in [6.45, 7) is 1.68. The highest BCUT2D eigenvalue weighted by Crippen LogP contribution is 2.23. The minimum absolute atomic E-state index is 0.339. The van der Waals surface area contributed by atoms with Gasteiger partial charge in [0.1, 0.15) is 0 Å². The minimum Gasteiger partial charge on any atom is -0.472 e. The summed E-state index contributed by atoms with van der Waals surface area (Å²) in [5.74, 6) is 0. The molecule has 0 aliphatic carbocycles. The van der Waals surface area contributed by atoms with Crippen LogP contribution in [-0.4, -0.2) is 19.4 Å². The van der Waals surface area contributed by atoms with Crippen LogP contribution in [0.3, 0.4) is 0 Å². The number of nitrogens with one attached hydrogen (secondary N) is 1. The Morgan fingerprint density at radius 3 is 2.67 bits per heavy atom. The van der Waals surface area contributed by atoms with E-state index in [9.17, 15) is 18.5 Å². The van der Waals surface area contributed by atoms with Crippen molar-refractivity contribution in [1.29, 1.82) is 0 Å². The van der Waals surface area contributed by atoms with Crippen molar-refractivity contribution < 1.29 is 17.8 Å². The van der Waals surface area contributed by atoms with Gasteiger partial charge < -0.3 is 4.42 Å². The lowest BCUT2D eigenvalue weighted by molar-refractivity contribution is -0.387. The van der Waals surface area contributed by atoms with Crippen molar-refractivity contribution in [3.05, 3.63) is 58.5 Å². The van der Waals surface area contributed by atoms with Crippen LogP contribution in [0.2, 0.25) is 0 Å². The van der Waals surface area contributed by atoms with Crippen LogP contribution in [0.15, 0.2) is 52.2 Å². The van der Waals surface area contributed by atoms with Crippen LogP contribution >= 0.6 is 0 Å². The van der Waals surface area contributed by atoms with Crippen molar-refractivity contribution >= 4 is 15.7 Å². The maximum Gasteiger partial charge on any atom is 0.289 e. The quantitative estimate of drug-likeness (QED) is 0.650. The maximum atomic E-state index is 12.3. The molecular weight excluding hydrogens is 296 g/mol. The molecule has 0 spiro atoms. The molecular formula is C13H14N2O5S. The summed E-state index contributed by atoms with van der Waals surface area (Å²) < 4.78 is 31.9. The number of hydrogen-bond acceptors (Lipinski definition) is 5. The topological polar surface area (TPSA) is 102 Å². The molecule has 1 heterocycles. The second kappa shape index (κ2) is 6.06. The highest BCUT2D eigenvalue weighted by atomic mass is 32.2. The average molecular weight is 310 g/mol. The number of furan rings is 1. The lowest BCUT2D eigenvalue weighted by atomic mass is 10.1. The zero-order valence-electron chi connectivity index (χ0n) is 11.2. The van der Waals surface area contributed by atoms with E-state index < -0.39 is 26.7 Å². The standard InChI is InChI=1S/C13H14N2O5S/c1-10(8-11-6-7-20-9-11)14-21(18,19)13-5-3-2-4-12(13)15(16)17/h2-7,9-10,14H,8H2,1H3.